The molecule has 0 aliphatic carbocycles. The number of hydrogen-bond donors (Lipinski definition) is 2. The first-order chi connectivity index (χ1) is 8.30. The van der Waals surface area contributed by atoms with E-state index in [9.17, 15) is 0 Å². The molecule has 0 bridgehead atoms. The smallest absolute Gasteiger partial charge is 0.213 e. The third-order valence-corrected chi connectivity index (χ3v) is 2.19. The number of hydrogen-bond acceptors (Lipinski definition) is 3. The number of pyridine rings is 1. The van der Waals surface area contributed by atoms with E-state index >= 15 is 0 Å². The van der Waals surface area contributed by atoms with Gasteiger partial charge in [-0.2, -0.15) is 0 Å². The van der Waals surface area contributed by atoms with Crippen LogP contribution in [0.5, 0.6) is 5.88 Å². The van der Waals surface area contributed by atoms with Crippen molar-refractivity contribution in [3.63, 3.8) is 0 Å². The molecule has 1 heterocycles. The normalized spacial score (nSPS) is 11.1. The van der Waals surface area contributed by atoms with Crippen LogP contribution >= 0.6 is 0 Å². The fourth-order valence-electron chi connectivity index (χ4n) is 1.31. The SMILES string of the molecule is CCCNC(=NC)NCc1cccc(OC)n1. The predicted molar refractivity (Wildman–Crippen MR) is 69.3 cm³/mol. The summed E-state index contributed by atoms with van der Waals surface area (Å²) in [5.41, 5.74) is 0.920. The first-order valence-electron chi connectivity index (χ1n) is 5.74. The zero-order valence-corrected chi connectivity index (χ0v) is 10.7. The van der Waals surface area contributed by atoms with Crippen molar-refractivity contribution in [3.8, 4) is 5.88 Å². The molecule has 0 saturated heterocycles. The van der Waals surface area contributed by atoms with Crippen molar-refractivity contribution < 1.29 is 4.74 Å². The first-order valence-corrected chi connectivity index (χ1v) is 5.74. The van der Waals surface area contributed by atoms with Gasteiger partial charge in [-0.05, 0) is 12.5 Å². The Bertz CT molecular complexity index is 365. The Balaban J connectivity index is 2.48. The highest BCUT2D eigenvalue weighted by Crippen LogP contribution is 2.05. The molecule has 0 aliphatic rings. The Morgan fingerprint density at radius 1 is 1.41 bits per heavy atom. The number of ether oxygens (including phenoxy) is 1. The number of nitrogens with one attached hydrogen (secondary N) is 2. The van der Waals surface area contributed by atoms with Crippen molar-refractivity contribution in [3.05, 3.63) is 23.9 Å². The standard InChI is InChI=1S/C12H20N4O/c1-4-8-14-12(13-2)15-9-10-6-5-7-11(16-10)17-3/h5-7H,4,8-9H2,1-3H3,(H2,13,14,15). The molecule has 2 N–H and O–H groups in total. The highest BCUT2D eigenvalue weighted by Gasteiger charge is 1.99. The number of guanidine groups is 1. The maximum Gasteiger partial charge on any atom is 0.213 e. The molecular formula is C12H20N4O. The van der Waals surface area contributed by atoms with E-state index in [2.05, 4.69) is 27.5 Å². The lowest BCUT2D eigenvalue weighted by Crippen LogP contribution is -2.37. The minimum Gasteiger partial charge on any atom is -0.481 e. The van der Waals surface area contributed by atoms with Gasteiger partial charge in [-0.1, -0.05) is 13.0 Å². The van der Waals surface area contributed by atoms with E-state index in [1.807, 2.05) is 18.2 Å². The number of aromatic nitrogens is 1. The van der Waals surface area contributed by atoms with E-state index in [1.54, 1.807) is 14.2 Å². The summed E-state index contributed by atoms with van der Waals surface area (Å²) in [6.45, 7) is 3.65. The van der Waals surface area contributed by atoms with Crippen molar-refractivity contribution in [2.75, 3.05) is 20.7 Å². The lowest BCUT2D eigenvalue weighted by atomic mass is 10.3. The Hall–Kier alpha value is -1.78. The van der Waals surface area contributed by atoms with Gasteiger partial charge in [0.15, 0.2) is 5.96 Å². The van der Waals surface area contributed by atoms with E-state index in [0.29, 0.717) is 12.4 Å². The average Bonchev–Trinajstić information content (AvgIpc) is 2.39. The zero-order chi connectivity index (χ0) is 12.5. The summed E-state index contributed by atoms with van der Waals surface area (Å²) in [6.07, 6.45) is 1.07. The Morgan fingerprint density at radius 2 is 2.24 bits per heavy atom. The van der Waals surface area contributed by atoms with Gasteiger partial charge in [-0.15, -0.1) is 0 Å². The molecule has 0 radical (unpaired) electrons. The zero-order valence-electron chi connectivity index (χ0n) is 10.7. The number of aliphatic imine (C=N–C) groups is 1. The lowest BCUT2D eigenvalue weighted by Gasteiger charge is -2.10. The van der Waals surface area contributed by atoms with Crippen molar-refractivity contribution in [1.82, 2.24) is 15.6 Å². The van der Waals surface area contributed by atoms with E-state index in [0.717, 1.165) is 24.6 Å². The second kappa shape index (κ2) is 7.49. The van der Waals surface area contributed by atoms with Crippen molar-refractivity contribution in [2.45, 2.75) is 19.9 Å². The van der Waals surface area contributed by atoms with Crippen LogP contribution in [0.2, 0.25) is 0 Å². The van der Waals surface area contributed by atoms with Crippen LogP contribution in [0.1, 0.15) is 19.0 Å². The van der Waals surface area contributed by atoms with Gasteiger partial charge in [0, 0.05) is 19.7 Å². The van der Waals surface area contributed by atoms with Crippen LogP contribution < -0.4 is 15.4 Å². The summed E-state index contributed by atoms with van der Waals surface area (Å²) in [6, 6.07) is 5.70. The van der Waals surface area contributed by atoms with Gasteiger partial charge >= 0.3 is 0 Å². The van der Waals surface area contributed by atoms with Gasteiger partial charge in [0.05, 0.1) is 19.3 Å². The molecule has 5 nitrogen and oxygen atoms in total. The molecule has 0 aromatic carbocycles. The van der Waals surface area contributed by atoms with Crippen molar-refractivity contribution in [2.24, 2.45) is 4.99 Å². The third-order valence-electron chi connectivity index (χ3n) is 2.19. The summed E-state index contributed by atoms with van der Waals surface area (Å²) in [7, 11) is 3.37. The molecule has 0 atom stereocenters. The Kier molecular flexibility index (Phi) is 5.85. The van der Waals surface area contributed by atoms with E-state index in [-0.39, 0.29) is 0 Å². The quantitative estimate of drug-likeness (QED) is 0.595. The first kappa shape index (κ1) is 13.3. The molecule has 0 aliphatic heterocycles. The van der Waals surface area contributed by atoms with Crippen molar-refractivity contribution in [1.29, 1.82) is 0 Å². The molecule has 0 saturated carbocycles. The number of methoxy groups -OCH3 is 1. The summed E-state index contributed by atoms with van der Waals surface area (Å²) in [5, 5.41) is 6.39. The van der Waals surface area contributed by atoms with Gasteiger partial charge in [0.25, 0.3) is 0 Å². The largest absolute Gasteiger partial charge is 0.481 e. The molecule has 94 valence electrons. The van der Waals surface area contributed by atoms with E-state index < -0.39 is 0 Å². The molecule has 1 rings (SSSR count). The monoisotopic (exact) mass is 236 g/mol. The summed E-state index contributed by atoms with van der Waals surface area (Å²) >= 11 is 0. The number of nitrogens with zero attached hydrogens (tertiary/aromatic N) is 2. The molecule has 0 fully saturated rings. The Morgan fingerprint density at radius 3 is 2.88 bits per heavy atom. The maximum atomic E-state index is 5.07. The molecule has 1 aromatic heterocycles. The van der Waals surface area contributed by atoms with Gasteiger partial charge in [-0.25, -0.2) is 4.98 Å². The minimum atomic E-state index is 0.626. The molecule has 0 amide bonds. The van der Waals surface area contributed by atoms with Gasteiger partial charge < -0.3 is 15.4 Å². The van der Waals surface area contributed by atoms with Crippen LogP contribution in [0.4, 0.5) is 0 Å². The molecule has 0 unspecified atom stereocenters. The van der Waals surface area contributed by atoms with Gasteiger partial charge in [-0.3, -0.25) is 4.99 Å². The predicted octanol–water partition coefficient (Wildman–Crippen LogP) is 1.17. The molecule has 17 heavy (non-hydrogen) atoms. The molecule has 1 aromatic rings. The topological polar surface area (TPSA) is 58.5 Å². The van der Waals surface area contributed by atoms with Gasteiger partial charge in [0.1, 0.15) is 0 Å². The van der Waals surface area contributed by atoms with Crippen LogP contribution in [-0.4, -0.2) is 31.6 Å². The average molecular weight is 236 g/mol. The molecular weight excluding hydrogens is 216 g/mol. The Labute approximate surface area is 102 Å². The van der Waals surface area contributed by atoms with Crippen LogP contribution in [-0.2, 0) is 6.54 Å². The van der Waals surface area contributed by atoms with E-state index in [1.165, 1.54) is 0 Å². The second-order valence-corrected chi connectivity index (χ2v) is 3.52. The highest BCUT2D eigenvalue weighted by molar-refractivity contribution is 5.79. The van der Waals surface area contributed by atoms with E-state index in [4.69, 9.17) is 4.74 Å². The van der Waals surface area contributed by atoms with Crippen LogP contribution in [0.15, 0.2) is 23.2 Å². The van der Waals surface area contributed by atoms with Crippen molar-refractivity contribution >= 4 is 5.96 Å². The maximum absolute atomic E-state index is 5.07. The molecule has 0 spiro atoms. The summed E-state index contributed by atoms with van der Waals surface area (Å²) < 4.78 is 5.07. The summed E-state index contributed by atoms with van der Waals surface area (Å²) in [5.74, 6) is 1.41. The van der Waals surface area contributed by atoms with Gasteiger partial charge in [0.2, 0.25) is 5.88 Å². The van der Waals surface area contributed by atoms with Crippen LogP contribution in [0.25, 0.3) is 0 Å². The highest BCUT2D eigenvalue weighted by atomic mass is 16.5. The fraction of sp³-hybridized carbons (Fsp3) is 0.500. The fourth-order valence-corrected chi connectivity index (χ4v) is 1.31. The second-order valence-electron chi connectivity index (χ2n) is 3.52. The molecule has 5 heteroatoms. The lowest BCUT2D eigenvalue weighted by molar-refractivity contribution is 0.396. The summed E-state index contributed by atoms with van der Waals surface area (Å²) in [4.78, 5) is 8.43. The minimum absolute atomic E-state index is 0.626. The number of rotatable bonds is 5. The van der Waals surface area contributed by atoms with Crippen LogP contribution in [0.3, 0.4) is 0 Å². The third kappa shape index (κ3) is 4.72. The van der Waals surface area contributed by atoms with Crippen LogP contribution in [0, 0.1) is 0 Å².